The first kappa shape index (κ1) is 19.3. The lowest BCUT2D eigenvalue weighted by molar-refractivity contribution is 0.221. The second-order valence-electron chi connectivity index (χ2n) is 7.73. The first-order valence-corrected chi connectivity index (χ1v) is 10.8. The van der Waals surface area contributed by atoms with Crippen LogP contribution in [0.2, 0.25) is 10.0 Å². The highest BCUT2D eigenvalue weighted by Gasteiger charge is 2.16. The summed E-state index contributed by atoms with van der Waals surface area (Å²) in [5.41, 5.74) is 4.81. The summed E-state index contributed by atoms with van der Waals surface area (Å²) in [6, 6.07) is 9.85. The molecule has 0 unspecified atom stereocenters. The molecule has 0 amide bonds. The minimum Gasteiger partial charge on any atom is -0.338 e. The molecular formula is C23H19Cl2N5. The summed E-state index contributed by atoms with van der Waals surface area (Å²) in [5.74, 6) is 0. The van der Waals surface area contributed by atoms with E-state index in [2.05, 4.69) is 32.0 Å². The lowest BCUT2D eigenvalue weighted by atomic mass is 10.0. The van der Waals surface area contributed by atoms with Gasteiger partial charge in [-0.25, -0.2) is 9.97 Å². The van der Waals surface area contributed by atoms with Crippen molar-refractivity contribution < 1.29 is 0 Å². The number of fused-ring (bicyclic) bond motifs is 3. The van der Waals surface area contributed by atoms with Gasteiger partial charge in [0.25, 0.3) is 0 Å². The van der Waals surface area contributed by atoms with Gasteiger partial charge in [0.2, 0.25) is 0 Å². The summed E-state index contributed by atoms with van der Waals surface area (Å²) in [4.78, 5) is 14.3. The molecule has 1 N–H and O–H groups in total. The van der Waals surface area contributed by atoms with Gasteiger partial charge in [0.15, 0.2) is 0 Å². The van der Waals surface area contributed by atoms with E-state index in [4.69, 9.17) is 23.2 Å². The molecule has 5 rings (SSSR count). The van der Waals surface area contributed by atoms with Gasteiger partial charge >= 0.3 is 0 Å². The van der Waals surface area contributed by atoms with E-state index >= 15 is 0 Å². The number of nitrogens with one attached hydrogen (secondary N) is 1. The highest BCUT2D eigenvalue weighted by atomic mass is 35.5. The summed E-state index contributed by atoms with van der Waals surface area (Å²) < 4.78 is 0. The van der Waals surface area contributed by atoms with Crippen molar-refractivity contribution in [3.05, 3.63) is 58.0 Å². The molecule has 0 bridgehead atoms. The van der Waals surface area contributed by atoms with Gasteiger partial charge in [-0.15, -0.1) is 0 Å². The molecule has 1 aromatic carbocycles. The Labute approximate surface area is 184 Å². The molecule has 4 aromatic rings. The first-order chi connectivity index (χ1) is 14.6. The quantitative estimate of drug-likeness (QED) is 0.431. The number of rotatable bonds is 3. The Bertz CT molecular complexity index is 1280. The van der Waals surface area contributed by atoms with Crippen LogP contribution in [0.3, 0.4) is 0 Å². The fraction of sp³-hybridized carbons (Fsp3) is 0.261. The Morgan fingerprint density at radius 2 is 1.70 bits per heavy atom. The van der Waals surface area contributed by atoms with Crippen LogP contribution in [0.25, 0.3) is 33.1 Å². The lowest BCUT2D eigenvalue weighted by Crippen LogP contribution is -2.29. The van der Waals surface area contributed by atoms with Gasteiger partial charge in [-0.05, 0) is 55.8 Å². The van der Waals surface area contributed by atoms with Gasteiger partial charge in [-0.1, -0.05) is 29.6 Å². The molecule has 30 heavy (non-hydrogen) atoms. The van der Waals surface area contributed by atoms with E-state index in [1.54, 1.807) is 12.3 Å². The molecule has 7 heteroatoms. The van der Waals surface area contributed by atoms with E-state index in [0.717, 1.165) is 58.3 Å². The van der Waals surface area contributed by atoms with Gasteiger partial charge in [-0.2, -0.15) is 5.26 Å². The van der Waals surface area contributed by atoms with Crippen LogP contribution in [0.15, 0.2) is 36.7 Å². The van der Waals surface area contributed by atoms with Crippen molar-refractivity contribution >= 4 is 45.1 Å². The van der Waals surface area contributed by atoms with Crippen molar-refractivity contribution in [3.63, 3.8) is 0 Å². The summed E-state index contributed by atoms with van der Waals surface area (Å²) in [6.45, 7) is 2.96. The monoisotopic (exact) mass is 435 g/mol. The Hall–Kier alpha value is -2.65. The lowest BCUT2D eigenvalue weighted by Gasteiger charge is -2.27. The molecule has 0 atom stereocenters. The highest BCUT2D eigenvalue weighted by Crippen LogP contribution is 2.35. The number of H-pyrrole nitrogens is 1. The van der Waals surface area contributed by atoms with Crippen LogP contribution < -0.4 is 0 Å². The fourth-order valence-electron chi connectivity index (χ4n) is 4.16. The number of nitriles is 1. The molecular weight excluding hydrogens is 417 g/mol. The maximum Gasteiger partial charge on any atom is 0.141 e. The molecule has 5 nitrogen and oxygen atoms in total. The predicted molar refractivity (Wildman–Crippen MR) is 121 cm³/mol. The van der Waals surface area contributed by atoms with E-state index in [1.807, 2.05) is 18.3 Å². The third kappa shape index (κ3) is 3.52. The third-order valence-corrected chi connectivity index (χ3v) is 6.43. The van der Waals surface area contributed by atoms with Crippen molar-refractivity contribution in [1.82, 2.24) is 19.9 Å². The second kappa shape index (κ2) is 7.88. The SMILES string of the molecule is N#Cc1cc2c(cn1)[nH]c1ncc(-c3cc(Cl)c(CN4CCCCC4)c(Cl)c3)cc12. The number of benzene rings is 1. The summed E-state index contributed by atoms with van der Waals surface area (Å²) in [7, 11) is 0. The largest absolute Gasteiger partial charge is 0.338 e. The summed E-state index contributed by atoms with van der Waals surface area (Å²) >= 11 is 13.3. The topological polar surface area (TPSA) is 68.6 Å². The number of aromatic amines is 1. The number of hydrogen-bond donors (Lipinski definition) is 1. The average molecular weight is 436 g/mol. The number of aromatic nitrogens is 3. The first-order valence-electron chi connectivity index (χ1n) is 10.0. The van der Waals surface area contributed by atoms with Crippen molar-refractivity contribution in [2.24, 2.45) is 0 Å². The average Bonchev–Trinajstić information content (AvgIpc) is 3.14. The van der Waals surface area contributed by atoms with Crippen LogP contribution in [0.1, 0.15) is 30.5 Å². The molecule has 1 aliphatic rings. The molecule has 0 radical (unpaired) electrons. The molecule has 1 aliphatic heterocycles. The highest BCUT2D eigenvalue weighted by molar-refractivity contribution is 6.36. The number of halogens is 2. The van der Waals surface area contributed by atoms with E-state index in [0.29, 0.717) is 15.7 Å². The number of likely N-dealkylation sites (tertiary alicyclic amines) is 1. The number of pyridine rings is 2. The van der Waals surface area contributed by atoms with Gasteiger partial charge in [-0.3, -0.25) is 4.90 Å². The number of piperidine rings is 1. The zero-order chi connectivity index (χ0) is 20.7. The van der Waals surface area contributed by atoms with Gasteiger partial charge in [0, 0.05) is 44.7 Å². The maximum absolute atomic E-state index is 9.17. The number of hydrogen-bond acceptors (Lipinski definition) is 4. The van der Waals surface area contributed by atoms with Crippen molar-refractivity contribution in [2.45, 2.75) is 25.8 Å². The van der Waals surface area contributed by atoms with E-state index in [1.165, 1.54) is 19.3 Å². The van der Waals surface area contributed by atoms with Crippen LogP contribution in [0.4, 0.5) is 0 Å². The smallest absolute Gasteiger partial charge is 0.141 e. The molecule has 0 saturated carbocycles. The molecule has 150 valence electrons. The minimum absolute atomic E-state index is 0.377. The van der Waals surface area contributed by atoms with E-state index in [9.17, 15) is 5.26 Å². The minimum atomic E-state index is 0.377. The van der Waals surface area contributed by atoms with Gasteiger partial charge in [0.1, 0.15) is 17.4 Å². The molecule has 4 heterocycles. The van der Waals surface area contributed by atoms with Crippen molar-refractivity contribution in [3.8, 4) is 17.2 Å². The maximum atomic E-state index is 9.17. The Kier molecular flexibility index (Phi) is 5.08. The second-order valence-corrected chi connectivity index (χ2v) is 8.54. The zero-order valence-electron chi connectivity index (χ0n) is 16.3. The molecule has 1 saturated heterocycles. The fourth-order valence-corrected chi connectivity index (χ4v) is 4.76. The predicted octanol–water partition coefficient (Wildman–Crippen LogP) is 5.94. The molecule has 3 aromatic heterocycles. The van der Waals surface area contributed by atoms with Crippen LogP contribution in [-0.2, 0) is 6.54 Å². The molecule has 0 aliphatic carbocycles. The van der Waals surface area contributed by atoms with Crippen molar-refractivity contribution in [1.29, 1.82) is 5.26 Å². The Morgan fingerprint density at radius 1 is 0.933 bits per heavy atom. The van der Waals surface area contributed by atoms with Crippen LogP contribution in [0, 0.1) is 11.3 Å². The normalized spacial score (nSPS) is 15.0. The van der Waals surface area contributed by atoms with E-state index < -0.39 is 0 Å². The van der Waals surface area contributed by atoms with E-state index in [-0.39, 0.29) is 0 Å². The third-order valence-electron chi connectivity index (χ3n) is 5.75. The van der Waals surface area contributed by atoms with Crippen LogP contribution >= 0.6 is 23.2 Å². The van der Waals surface area contributed by atoms with Crippen LogP contribution in [0.5, 0.6) is 0 Å². The zero-order valence-corrected chi connectivity index (χ0v) is 17.8. The standard InChI is InChI=1S/C23H19Cl2N5/c24-20-7-14(8-21(25)19(20)13-30-4-2-1-3-5-30)15-6-18-17-9-16(10-26)27-12-22(17)29-23(18)28-11-15/h6-9,11-12H,1-5,13H2,(H,28,29). The molecule has 1 fully saturated rings. The van der Waals surface area contributed by atoms with Crippen molar-refractivity contribution in [2.75, 3.05) is 13.1 Å². The Morgan fingerprint density at radius 3 is 2.43 bits per heavy atom. The summed E-state index contributed by atoms with van der Waals surface area (Å²) in [6.07, 6.45) is 7.23. The summed E-state index contributed by atoms with van der Waals surface area (Å²) in [5, 5.41) is 12.4. The van der Waals surface area contributed by atoms with Crippen LogP contribution in [-0.4, -0.2) is 32.9 Å². The number of nitrogens with zero attached hydrogens (tertiary/aromatic N) is 4. The Balaban J connectivity index is 1.54. The van der Waals surface area contributed by atoms with Gasteiger partial charge in [0.05, 0.1) is 11.7 Å². The van der Waals surface area contributed by atoms with Gasteiger partial charge < -0.3 is 4.98 Å². The molecule has 0 spiro atoms.